The summed E-state index contributed by atoms with van der Waals surface area (Å²) in [4.78, 5) is 13.1. The summed E-state index contributed by atoms with van der Waals surface area (Å²) in [6, 6.07) is 0. The molecule has 0 aliphatic heterocycles. The van der Waals surface area contributed by atoms with Gasteiger partial charge in [0.05, 0.1) is 6.54 Å². The highest BCUT2D eigenvalue weighted by Crippen LogP contribution is 1.87. The van der Waals surface area contributed by atoms with E-state index in [-0.39, 0.29) is 0 Å². The van der Waals surface area contributed by atoms with Crippen LogP contribution >= 0.6 is 0 Å². The second-order valence-electron chi connectivity index (χ2n) is 1.51. The van der Waals surface area contributed by atoms with Crippen LogP contribution in [0.25, 0.3) is 0 Å². The molecule has 0 aliphatic carbocycles. The molecule has 0 N–H and O–H groups in total. The Kier molecular flexibility index (Phi) is 5.70. The Labute approximate surface area is 48.8 Å². The summed E-state index contributed by atoms with van der Waals surface area (Å²) in [5, 5.41) is 2.70. The summed E-state index contributed by atoms with van der Waals surface area (Å²) < 4.78 is 0. The smallest absolute Gasteiger partial charge is 0.0811 e. The molecule has 0 heterocycles. The van der Waals surface area contributed by atoms with Crippen LogP contribution in [0, 0.1) is 4.91 Å². The molecule has 0 saturated heterocycles. The minimum absolute atomic E-state index is 0.412. The fourth-order valence-electron chi connectivity index (χ4n) is 0.400. The predicted octanol–water partition coefficient (Wildman–Crippen LogP) is 1.23. The standard InChI is InChI=1S/C5H10N2O/c1-6-4-2-3-5-7-8/h1-5H2. The lowest BCUT2D eigenvalue weighted by atomic mass is 10.3. The van der Waals surface area contributed by atoms with Gasteiger partial charge < -0.3 is 4.99 Å². The molecule has 3 heteroatoms. The lowest BCUT2D eigenvalue weighted by molar-refractivity contribution is 0.756. The van der Waals surface area contributed by atoms with E-state index in [0.29, 0.717) is 6.54 Å². The van der Waals surface area contributed by atoms with Gasteiger partial charge in [0.15, 0.2) is 0 Å². The first-order valence-electron chi connectivity index (χ1n) is 2.63. The van der Waals surface area contributed by atoms with Crippen LogP contribution in [-0.4, -0.2) is 19.8 Å². The van der Waals surface area contributed by atoms with E-state index in [0.717, 1.165) is 19.4 Å². The molecule has 0 fully saturated rings. The number of hydrogen-bond donors (Lipinski definition) is 0. The number of nitrogens with zero attached hydrogens (tertiary/aromatic N) is 2. The molecule has 0 saturated carbocycles. The molecule has 0 radical (unpaired) electrons. The van der Waals surface area contributed by atoms with Crippen molar-refractivity contribution in [3.63, 3.8) is 0 Å². The molecule has 0 aromatic carbocycles. The predicted molar refractivity (Wildman–Crippen MR) is 34.3 cm³/mol. The van der Waals surface area contributed by atoms with Crippen LogP contribution < -0.4 is 0 Å². The first-order valence-corrected chi connectivity index (χ1v) is 2.63. The summed E-state index contributed by atoms with van der Waals surface area (Å²) in [5.41, 5.74) is 0. The van der Waals surface area contributed by atoms with Gasteiger partial charge in [0, 0.05) is 6.54 Å². The van der Waals surface area contributed by atoms with Gasteiger partial charge in [-0.3, -0.25) is 0 Å². The molecule has 0 bridgehead atoms. The normalized spacial score (nSPS) is 8.50. The van der Waals surface area contributed by atoms with Gasteiger partial charge in [-0.2, -0.15) is 4.91 Å². The lowest BCUT2D eigenvalue weighted by Gasteiger charge is -1.86. The van der Waals surface area contributed by atoms with Crippen molar-refractivity contribution in [2.45, 2.75) is 12.8 Å². The van der Waals surface area contributed by atoms with E-state index in [2.05, 4.69) is 16.9 Å². The largest absolute Gasteiger partial charge is 0.301 e. The minimum atomic E-state index is 0.412. The number of unbranched alkanes of at least 4 members (excludes halogenated alkanes) is 1. The van der Waals surface area contributed by atoms with Gasteiger partial charge in [-0.1, -0.05) is 5.18 Å². The number of nitroso groups, excluding NO2 is 1. The lowest BCUT2D eigenvalue weighted by Crippen LogP contribution is -1.82. The minimum Gasteiger partial charge on any atom is -0.301 e. The second-order valence-corrected chi connectivity index (χ2v) is 1.51. The quantitative estimate of drug-likeness (QED) is 0.301. The Bertz CT molecular complexity index is 62.8. The fraction of sp³-hybridized carbons (Fsp3) is 0.800. The van der Waals surface area contributed by atoms with Crippen molar-refractivity contribution < 1.29 is 0 Å². The van der Waals surface area contributed by atoms with E-state index in [1.807, 2.05) is 0 Å². The molecule has 0 aromatic rings. The van der Waals surface area contributed by atoms with Crippen molar-refractivity contribution in [1.82, 2.24) is 0 Å². The average Bonchev–Trinajstić information content (AvgIpc) is 1.81. The van der Waals surface area contributed by atoms with Gasteiger partial charge in [0.1, 0.15) is 0 Å². The zero-order valence-electron chi connectivity index (χ0n) is 4.84. The van der Waals surface area contributed by atoms with Crippen LogP contribution in [0.2, 0.25) is 0 Å². The third-order valence-electron chi connectivity index (χ3n) is 0.816. The third-order valence-corrected chi connectivity index (χ3v) is 0.816. The molecule has 0 rings (SSSR count). The van der Waals surface area contributed by atoms with Gasteiger partial charge in [-0.15, -0.1) is 0 Å². The van der Waals surface area contributed by atoms with Gasteiger partial charge in [-0.05, 0) is 19.6 Å². The van der Waals surface area contributed by atoms with E-state index >= 15 is 0 Å². The van der Waals surface area contributed by atoms with Crippen molar-refractivity contribution in [2.24, 2.45) is 10.2 Å². The van der Waals surface area contributed by atoms with Crippen molar-refractivity contribution >= 4 is 6.72 Å². The summed E-state index contributed by atoms with van der Waals surface area (Å²) >= 11 is 0. The first-order chi connectivity index (χ1) is 3.91. The molecule has 0 aliphatic rings. The molecule has 8 heavy (non-hydrogen) atoms. The SMILES string of the molecule is C=NCCCCN=O. The van der Waals surface area contributed by atoms with Crippen molar-refractivity contribution in [3.05, 3.63) is 4.91 Å². The maximum absolute atomic E-state index is 9.47. The molecule has 46 valence electrons. The van der Waals surface area contributed by atoms with Crippen LogP contribution in [0.1, 0.15) is 12.8 Å². The highest BCUT2D eigenvalue weighted by atomic mass is 16.3. The van der Waals surface area contributed by atoms with Gasteiger partial charge in [0.25, 0.3) is 0 Å². The topological polar surface area (TPSA) is 41.8 Å². The number of rotatable bonds is 5. The fourth-order valence-corrected chi connectivity index (χ4v) is 0.400. The van der Waals surface area contributed by atoms with Crippen LogP contribution in [0.5, 0.6) is 0 Å². The Morgan fingerprint density at radius 3 is 2.38 bits per heavy atom. The van der Waals surface area contributed by atoms with Crippen LogP contribution in [0.15, 0.2) is 10.2 Å². The molecule has 0 amide bonds. The highest BCUT2D eigenvalue weighted by Gasteiger charge is 1.82. The van der Waals surface area contributed by atoms with Gasteiger partial charge >= 0.3 is 0 Å². The number of aliphatic imine (C=N–C) groups is 1. The Hall–Kier alpha value is -0.730. The van der Waals surface area contributed by atoms with Crippen LogP contribution in [0.4, 0.5) is 0 Å². The average molecular weight is 114 g/mol. The van der Waals surface area contributed by atoms with Crippen molar-refractivity contribution in [3.8, 4) is 0 Å². The molecule has 0 aromatic heterocycles. The van der Waals surface area contributed by atoms with Crippen molar-refractivity contribution in [1.29, 1.82) is 0 Å². The highest BCUT2D eigenvalue weighted by molar-refractivity contribution is 5.22. The Morgan fingerprint density at radius 2 is 1.88 bits per heavy atom. The third kappa shape index (κ3) is 5.27. The second kappa shape index (κ2) is 6.27. The van der Waals surface area contributed by atoms with Crippen molar-refractivity contribution in [2.75, 3.05) is 13.1 Å². The van der Waals surface area contributed by atoms with E-state index in [9.17, 15) is 4.91 Å². The van der Waals surface area contributed by atoms with E-state index in [4.69, 9.17) is 0 Å². The molecule has 3 nitrogen and oxygen atoms in total. The molecular formula is C5H10N2O. The van der Waals surface area contributed by atoms with E-state index in [1.54, 1.807) is 0 Å². The number of hydrogen-bond acceptors (Lipinski definition) is 3. The summed E-state index contributed by atoms with van der Waals surface area (Å²) in [5.74, 6) is 0. The first kappa shape index (κ1) is 7.27. The monoisotopic (exact) mass is 114 g/mol. The van der Waals surface area contributed by atoms with Crippen LogP contribution in [0.3, 0.4) is 0 Å². The van der Waals surface area contributed by atoms with E-state index in [1.165, 1.54) is 0 Å². The maximum Gasteiger partial charge on any atom is 0.0811 e. The molecule has 0 spiro atoms. The van der Waals surface area contributed by atoms with Gasteiger partial charge in [0.2, 0.25) is 0 Å². The zero-order valence-corrected chi connectivity index (χ0v) is 4.84. The Morgan fingerprint density at radius 1 is 1.25 bits per heavy atom. The summed E-state index contributed by atoms with van der Waals surface area (Å²) in [7, 11) is 0. The maximum atomic E-state index is 9.47. The Balaban J connectivity index is 2.71. The van der Waals surface area contributed by atoms with Crippen LogP contribution in [-0.2, 0) is 0 Å². The summed E-state index contributed by atoms with van der Waals surface area (Å²) in [6.07, 6.45) is 1.76. The molecular weight excluding hydrogens is 104 g/mol. The molecule has 0 unspecified atom stereocenters. The van der Waals surface area contributed by atoms with Gasteiger partial charge in [-0.25, -0.2) is 0 Å². The zero-order chi connectivity index (χ0) is 6.24. The molecule has 0 atom stereocenters. The van der Waals surface area contributed by atoms with E-state index < -0.39 is 0 Å². The summed E-state index contributed by atoms with van der Waals surface area (Å²) in [6.45, 7) is 4.46.